The van der Waals surface area contributed by atoms with Gasteiger partial charge in [0.25, 0.3) is 5.91 Å². The lowest BCUT2D eigenvalue weighted by Crippen LogP contribution is -2.35. The molecular formula is C21H20N2O3S. The maximum absolute atomic E-state index is 13.1. The van der Waals surface area contributed by atoms with E-state index in [0.717, 1.165) is 22.7 Å². The average Bonchev–Trinajstić information content (AvgIpc) is 3.31. The smallest absolute Gasteiger partial charge is 0.278 e. The summed E-state index contributed by atoms with van der Waals surface area (Å²) in [5.74, 6) is 1.24. The Morgan fingerprint density at radius 2 is 1.93 bits per heavy atom. The number of thiazole rings is 1. The van der Waals surface area contributed by atoms with Gasteiger partial charge in [-0.15, -0.1) is 11.3 Å². The van der Waals surface area contributed by atoms with Gasteiger partial charge in [-0.2, -0.15) is 0 Å². The molecule has 4 rings (SSSR count). The van der Waals surface area contributed by atoms with Gasteiger partial charge in [0.1, 0.15) is 10.7 Å². The molecule has 1 aliphatic rings. The van der Waals surface area contributed by atoms with Crippen molar-refractivity contribution in [1.82, 2.24) is 4.98 Å². The molecule has 5 nitrogen and oxygen atoms in total. The number of methoxy groups -OCH3 is 2. The van der Waals surface area contributed by atoms with Crippen LogP contribution in [0.2, 0.25) is 0 Å². The largest absolute Gasteiger partial charge is 0.493 e. The van der Waals surface area contributed by atoms with Gasteiger partial charge >= 0.3 is 0 Å². The first-order valence-corrected chi connectivity index (χ1v) is 9.59. The number of hydrogen-bond acceptors (Lipinski definition) is 5. The number of aromatic nitrogens is 1. The van der Waals surface area contributed by atoms with Crippen molar-refractivity contribution in [3.63, 3.8) is 0 Å². The van der Waals surface area contributed by atoms with Gasteiger partial charge < -0.3 is 14.4 Å². The zero-order valence-corrected chi connectivity index (χ0v) is 16.2. The highest BCUT2D eigenvalue weighted by Crippen LogP contribution is 2.36. The van der Waals surface area contributed by atoms with Gasteiger partial charge in [-0.3, -0.25) is 4.79 Å². The Balaban J connectivity index is 1.64. The SMILES string of the molecule is COc1ccc(-c2nc(C(=O)N3c4ccccc4C[C@H]3C)cs2)cc1OC. The Hall–Kier alpha value is -2.86. The molecule has 1 amide bonds. The van der Waals surface area contributed by atoms with E-state index in [4.69, 9.17) is 9.47 Å². The number of rotatable bonds is 4. The van der Waals surface area contributed by atoms with Gasteiger partial charge in [-0.25, -0.2) is 4.98 Å². The van der Waals surface area contributed by atoms with E-state index in [9.17, 15) is 4.79 Å². The summed E-state index contributed by atoms with van der Waals surface area (Å²) in [4.78, 5) is 19.6. The monoisotopic (exact) mass is 380 g/mol. The fraction of sp³-hybridized carbons (Fsp3) is 0.238. The minimum absolute atomic E-state index is 0.0598. The van der Waals surface area contributed by atoms with Crippen LogP contribution in [-0.2, 0) is 6.42 Å². The van der Waals surface area contributed by atoms with Crippen LogP contribution < -0.4 is 14.4 Å². The summed E-state index contributed by atoms with van der Waals surface area (Å²) in [6, 6.07) is 13.8. The van der Waals surface area contributed by atoms with E-state index < -0.39 is 0 Å². The van der Waals surface area contributed by atoms with Crippen molar-refractivity contribution < 1.29 is 14.3 Å². The predicted octanol–water partition coefficient (Wildman–Crippen LogP) is 4.42. The van der Waals surface area contributed by atoms with Gasteiger partial charge in [-0.05, 0) is 43.2 Å². The second-order valence-corrected chi connectivity index (χ2v) is 7.32. The lowest BCUT2D eigenvalue weighted by Gasteiger charge is -2.21. The van der Waals surface area contributed by atoms with Crippen LogP contribution in [0.3, 0.4) is 0 Å². The lowest BCUT2D eigenvalue weighted by molar-refractivity contribution is 0.0977. The molecule has 0 N–H and O–H groups in total. The highest BCUT2D eigenvalue weighted by molar-refractivity contribution is 7.13. The van der Waals surface area contributed by atoms with E-state index in [1.54, 1.807) is 14.2 Å². The quantitative estimate of drug-likeness (QED) is 0.672. The average molecular weight is 380 g/mol. The fourth-order valence-electron chi connectivity index (χ4n) is 3.47. The Bertz CT molecular complexity index is 999. The van der Waals surface area contributed by atoms with Crippen molar-refractivity contribution in [2.24, 2.45) is 0 Å². The van der Waals surface area contributed by atoms with Crippen LogP contribution in [0, 0.1) is 0 Å². The van der Waals surface area contributed by atoms with Crippen LogP contribution in [0.15, 0.2) is 47.8 Å². The maximum atomic E-state index is 13.1. The molecular weight excluding hydrogens is 360 g/mol. The Labute approximate surface area is 162 Å². The highest BCUT2D eigenvalue weighted by atomic mass is 32.1. The van der Waals surface area contributed by atoms with Gasteiger partial charge in [0.2, 0.25) is 0 Å². The van der Waals surface area contributed by atoms with E-state index in [1.807, 2.05) is 46.7 Å². The summed E-state index contributed by atoms with van der Waals surface area (Å²) in [6.45, 7) is 2.07. The summed E-state index contributed by atoms with van der Waals surface area (Å²) >= 11 is 1.45. The third-order valence-corrected chi connectivity index (χ3v) is 5.67. The van der Waals surface area contributed by atoms with Crippen molar-refractivity contribution in [2.75, 3.05) is 19.1 Å². The molecule has 138 valence electrons. The molecule has 0 bridgehead atoms. The van der Waals surface area contributed by atoms with Crippen LogP contribution in [0.4, 0.5) is 5.69 Å². The van der Waals surface area contributed by atoms with Crippen molar-refractivity contribution in [2.45, 2.75) is 19.4 Å². The molecule has 0 spiro atoms. The zero-order valence-electron chi connectivity index (χ0n) is 15.4. The normalized spacial score (nSPS) is 15.5. The molecule has 1 atom stereocenters. The van der Waals surface area contributed by atoms with Crippen LogP contribution in [-0.4, -0.2) is 31.2 Å². The van der Waals surface area contributed by atoms with Crippen LogP contribution in [0.25, 0.3) is 10.6 Å². The van der Waals surface area contributed by atoms with Crippen LogP contribution in [0.1, 0.15) is 23.0 Å². The van der Waals surface area contributed by atoms with E-state index in [1.165, 1.54) is 16.9 Å². The maximum Gasteiger partial charge on any atom is 0.278 e. The van der Waals surface area contributed by atoms with Crippen molar-refractivity contribution in [3.05, 3.63) is 59.1 Å². The number of carbonyl (C=O) groups is 1. The zero-order chi connectivity index (χ0) is 19.0. The standard InChI is InChI=1S/C21H20N2O3S/c1-13-10-14-6-4-5-7-17(14)23(13)21(24)16-12-27-20(22-16)15-8-9-18(25-2)19(11-15)26-3/h4-9,11-13H,10H2,1-3H3/t13-/m1/s1. The molecule has 6 heteroatoms. The number of para-hydroxylation sites is 1. The molecule has 0 radical (unpaired) electrons. The number of ether oxygens (including phenoxy) is 2. The van der Waals surface area contributed by atoms with Crippen molar-refractivity contribution in [1.29, 1.82) is 0 Å². The summed E-state index contributed by atoms with van der Waals surface area (Å²) in [6.07, 6.45) is 0.870. The summed E-state index contributed by atoms with van der Waals surface area (Å²) in [5, 5.41) is 2.60. The number of carbonyl (C=O) groups excluding carboxylic acids is 1. The van der Waals surface area contributed by atoms with Gasteiger partial charge in [0, 0.05) is 22.7 Å². The first-order chi connectivity index (χ1) is 13.1. The van der Waals surface area contributed by atoms with Crippen molar-refractivity contribution >= 4 is 22.9 Å². The summed E-state index contributed by atoms with van der Waals surface area (Å²) in [7, 11) is 3.21. The number of hydrogen-bond donors (Lipinski definition) is 0. The molecule has 1 aromatic heterocycles. The molecule has 0 saturated heterocycles. The number of fused-ring (bicyclic) bond motifs is 1. The van der Waals surface area contributed by atoms with Gasteiger partial charge in [0.05, 0.1) is 14.2 Å². The third-order valence-electron chi connectivity index (χ3n) is 4.78. The molecule has 2 aromatic carbocycles. The molecule has 0 aliphatic carbocycles. The van der Waals surface area contributed by atoms with Crippen LogP contribution in [0.5, 0.6) is 11.5 Å². The Kier molecular flexibility index (Phi) is 4.58. The topological polar surface area (TPSA) is 51.7 Å². The molecule has 2 heterocycles. The minimum Gasteiger partial charge on any atom is -0.493 e. The number of amides is 1. The highest BCUT2D eigenvalue weighted by Gasteiger charge is 2.32. The molecule has 0 unspecified atom stereocenters. The van der Waals surface area contributed by atoms with Gasteiger partial charge in [-0.1, -0.05) is 18.2 Å². The minimum atomic E-state index is -0.0598. The molecule has 27 heavy (non-hydrogen) atoms. The first kappa shape index (κ1) is 17.5. The summed E-state index contributed by atoms with van der Waals surface area (Å²) < 4.78 is 10.6. The molecule has 0 saturated carbocycles. The van der Waals surface area contributed by atoms with Gasteiger partial charge in [0.15, 0.2) is 11.5 Å². The number of anilines is 1. The fourth-order valence-corrected chi connectivity index (χ4v) is 4.26. The van der Waals surface area contributed by atoms with E-state index in [2.05, 4.69) is 18.0 Å². The van der Waals surface area contributed by atoms with E-state index in [0.29, 0.717) is 17.2 Å². The summed E-state index contributed by atoms with van der Waals surface area (Å²) in [5.41, 5.74) is 3.55. The Morgan fingerprint density at radius 3 is 2.70 bits per heavy atom. The number of benzene rings is 2. The third kappa shape index (κ3) is 3.06. The molecule has 3 aromatic rings. The molecule has 0 fully saturated rings. The second kappa shape index (κ2) is 7.04. The number of nitrogens with zero attached hydrogens (tertiary/aromatic N) is 2. The Morgan fingerprint density at radius 1 is 1.15 bits per heavy atom. The van der Waals surface area contributed by atoms with E-state index >= 15 is 0 Å². The second-order valence-electron chi connectivity index (χ2n) is 6.46. The van der Waals surface area contributed by atoms with E-state index in [-0.39, 0.29) is 11.9 Å². The lowest BCUT2D eigenvalue weighted by atomic mass is 10.1. The predicted molar refractivity (Wildman–Crippen MR) is 107 cm³/mol. The molecule has 1 aliphatic heterocycles. The first-order valence-electron chi connectivity index (χ1n) is 8.71. The van der Waals surface area contributed by atoms with Crippen LogP contribution >= 0.6 is 11.3 Å². The van der Waals surface area contributed by atoms with Crippen molar-refractivity contribution in [3.8, 4) is 22.1 Å².